The first kappa shape index (κ1) is 20.7. The van der Waals surface area contributed by atoms with E-state index in [1.165, 1.54) is 13.4 Å². The normalized spacial score (nSPS) is 11.9. The van der Waals surface area contributed by atoms with Gasteiger partial charge in [-0.2, -0.15) is 5.10 Å². The fraction of sp³-hybridized carbons (Fsp3) is 0.286. The number of benzene rings is 2. The Hall–Kier alpha value is -3.06. The van der Waals surface area contributed by atoms with E-state index in [0.717, 1.165) is 11.3 Å². The fourth-order valence-corrected chi connectivity index (χ4v) is 3.08. The molecule has 1 heterocycles. The molecular formula is C21H23ClN4O3. The second-order valence-corrected chi connectivity index (χ2v) is 7.19. The highest BCUT2D eigenvalue weighted by Crippen LogP contribution is 2.37. The van der Waals surface area contributed by atoms with Crippen LogP contribution in [-0.2, 0) is 0 Å². The molecule has 3 aromatic rings. The molecule has 0 saturated heterocycles. The summed E-state index contributed by atoms with van der Waals surface area (Å²) in [6, 6.07) is 10.7. The summed E-state index contributed by atoms with van der Waals surface area (Å²) in [4.78, 5) is 16.7. The lowest BCUT2D eigenvalue weighted by atomic mass is 10.1. The summed E-state index contributed by atoms with van der Waals surface area (Å²) in [5, 5.41) is 7.40. The largest absolute Gasteiger partial charge is 0.493 e. The van der Waals surface area contributed by atoms with E-state index in [-0.39, 0.29) is 18.1 Å². The molecule has 0 fully saturated rings. The van der Waals surface area contributed by atoms with Crippen molar-refractivity contribution in [1.82, 2.24) is 20.1 Å². The van der Waals surface area contributed by atoms with Crippen LogP contribution in [0.2, 0.25) is 5.02 Å². The quantitative estimate of drug-likeness (QED) is 0.626. The highest BCUT2D eigenvalue weighted by molar-refractivity contribution is 6.32. The van der Waals surface area contributed by atoms with Gasteiger partial charge in [-0.05, 0) is 50.6 Å². The minimum atomic E-state index is -0.255. The van der Waals surface area contributed by atoms with Gasteiger partial charge in [0.2, 0.25) is 0 Å². The molecule has 1 atom stereocenters. The standard InChI is InChI=1S/C21H23ClN4O3/c1-13(2)29-20-18(22)9-16(10-19(20)28-4)21(27)25-14(3)15-5-7-17(8-6-15)26-12-23-11-24-26/h5-14H,1-4H3,(H,25,27)/t14-/m1/s1. The minimum absolute atomic E-state index is 0.0680. The number of carbonyl (C=O) groups is 1. The topological polar surface area (TPSA) is 78.3 Å². The Labute approximate surface area is 174 Å². The Balaban J connectivity index is 1.74. The van der Waals surface area contributed by atoms with E-state index in [0.29, 0.717) is 22.1 Å². The Kier molecular flexibility index (Phi) is 6.39. The number of carbonyl (C=O) groups excluding carboxylic acids is 1. The summed E-state index contributed by atoms with van der Waals surface area (Å²) in [6.07, 6.45) is 3.04. The van der Waals surface area contributed by atoms with E-state index in [1.54, 1.807) is 23.1 Å². The Morgan fingerprint density at radius 3 is 2.48 bits per heavy atom. The minimum Gasteiger partial charge on any atom is -0.493 e. The number of ether oxygens (including phenoxy) is 2. The summed E-state index contributed by atoms with van der Waals surface area (Å²) in [6.45, 7) is 5.70. The maximum atomic E-state index is 12.7. The lowest BCUT2D eigenvalue weighted by Gasteiger charge is -2.18. The van der Waals surface area contributed by atoms with Gasteiger partial charge in [0.05, 0.1) is 30.0 Å². The van der Waals surface area contributed by atoms with Crippen LogP contribution in [-0.4, -0.2) is 33.9 Å². The maximum Gasteiger partial charge on any atom is 0.251 e. The van der Waals surface area contributed by atoms with Crippen molar-refractivity contribution in [3.05, 3.63) is 65.2 Å². The number of halogens is 1. The molecule has 7 nitrogen and oxygen atoms in total. The predicted molar refractivity (Wildman–Crippen MR) is 111 cm³/mol. The van der Waals surface area contributed by atoms with Crippen LogP contribution in [0, 0.1) is 0 Å². The molecule has 0 aliphatic carbocycles. The van der Waals surface area contributed by atoms with Crippen molar-refractivity contribution in [2.24, 2.45) is 0 Å². The van der Waals surface area contributed by atoms with Gasteiger partial charge < -0.3 is 14.8 Å². The van der Waals surface area contributed by atoms with Crippen molar-refractivity contribution in [3.63, 3.8) is 0 Å². The zero-order valence-corrected chi connectivity index (χ0v) is 17.5. The van der Waals surface area contributed by atoms with Gasteiger partial charge in [-0.15, -0.1) is 0 Å². The third-order valence-corrected chi connectivity index (χ3v) is 4.55. The molecule has 8 heteroatoms. The summed E-state index contributed by atoms with van der Waals surface area (Å²) in [5.41, 5.74) is 2.25. The van der Waals surface area contributed by atoms with E-state index in [1.807, 2.05) is 45.0 Å². The first-order chi connectivity index (χ1) is 13.9. The average molecular weight is 415 g/mol. The monoisotopic (exact) mass is 414 g/mol. The number of hydrogen-bond acceptors (Lipinski definition) is 5. The highest BCUT2D eigenvalue weighted by atomic mass is 35.5. The number of rotatable bonds is 7. The molecule has 1 amide bonds. The van der Waals surface area contributed by atoms with Crippen LogP contribution in [0.3, 0.4) is 0 Å². The van der Waals surface area contributed by atoms with Crippen LogP contribution in [0.4, 0.5) is 0 Å². The zero-order chi connectivity index (χ0) is 21.0. The number of hydrogen-bond donors (Lipinski definition) is 1. The number of nitrogens with one attached hydrogen (secondary N) is 1. The highest BCUT2D eigenvalue weighted by Gasteiger charge is 2.18. The molecule has 3 rings (SSSR count). The van der Waals surface area contributed by atoms with Crippen molar-refractivity contribution in [1.29, 1.82) is 0 Å². The smallest absolute Gasteiger partial charge is 0.251 e. The van der Waals surface area contributed by atoms with Gasteiger partial charge >= 0.3 is 0 Å². The zero-order valence-electron chi connectivity index (χ0n) is 16.7. The van der Waals surface area contributed by atoms with Crippen LogP contribution in [0.15, 0.2) is 49.1 Å². The number of nitrogens with zero attached hydrogens (tertiary/aromatic N) is 3. The van der Waals surface area contributed by atoms with Gasteiger partial charge in [0.15, 0.2) is 11.5 Å². The van der Waals surface area contributed by atoms with Crippen LogP contribution >= 0.6 is 11.6 Å². The van der Waals surface area contributed by atoms with Crippen molar-refractivity contribution < 1.29 is 14.3 Å². The number of amides is 1. The predicted octanol–water partition coefficient (Wildman–Crippen LogP) is 4.21. The Bertz CT molecular complexity index is 972. The third-order valence-electron chi connectivity index (χ3n) is 4.27. The van der Waals surface area contributed by atoms with Gasteiger partial charge in [0, 0.05) is 5.56 Å². The second kappa shape index (κ2) is 8.96. The molecule has 152 valence electrons. The molecule has 0 radical (unpaired) electrons. The second-order valence-electron chi connectivity index (χ2n) is 6.78. The van der Waals surface area contributed by atoms with Gasteiger partial charge in [-0.3, -0.25) is 4.79 Å². The summed E-state index contributed by atoms with van der Waals surface area (Å²) in [5.74, 6) is 0.591. The van der Waals surface area contributed by atoms with Gasteiger partial charge in [0.1, 0.15) is 12.7 Å². The molecule has 2 aromatic carbocycles. The van der Waals surface area contributed by atoms with E-state index in [4.69, 9.17) is 21.1 Å². The van der Waals surface area contributed by atoms with Crippen molar-refractivity contribution in [2.75, 3.05) is 7.11 Å². The van der Waals surface area contributed by atoms with Crippen LogP contribution in [0.5, 0.6) is 11.5 Å². The molecule has 0 spiro atoms. The molecule has 0 saturated carbocycles. The van der Waals surface area contributed by atoms with Crippen molar-refractivity contribution in [3.8, 4) is 17.2 Å². The fourth-order valence-electron chi connectivity index (χ4n) is 2.82. The van der Waals surface area contributed by atoms with Crippen LogP contribution in [0.25, 0.3) is 5.69 Å². The molecule has 29 heavy (non-hydrogen) atoms. The van der Waals surface area contributed by atoms with Gasteiger partial charge in [0.25, 0.3) is 5.91 Å². The molecule has 1 N–H and O–H groups in total. The van der Waals surface area contributed by atoms with Gasteiger partial charge in [-0.1, -0.05) is 23.7 Å². The molecule has 0 aliphatic heterocycles. The number of methoxy groups -OCH3 is 1. The maximum absolute atomic E-state index is 12.7. The summed E-state index contributed by atoms with van der Waals surface area (Å²) < 4.78 is 12.7. The lowest BCUT2D eigenvalue weighted by Crippen LogP contribution is -2.26. The molecule has 0 aliphatic rings. The SMILES string of the molecule is COc1cc(C(=O)N[C@H](C)c2ccc(-n3cncn3)cc2)cc(Cl)c1OC(C)C. The molecule has 1 aromatic heterocycles. The summed E-state index contributed by atoms with van der Waals surface area (Å²) >= 11 is 6.32. The molecule has 0 unspecified atom stereocenters. The van der Waals surface area contributed by atoms with Crippen molar-refractivity contribution in [2.45, 2.75) is 32.9 Å². The first-order valence-corrected chi connectivity index (χ1v) is 9.57. The summed E-state index contributed by atoms with van der Waals surface area (Å²) in [7, 11) is 1.51. The van der Waals surface area contributed by atoms with Gasteiger partial charge in [-0.25, -0.2) is 9.67 Å². The van der Waals surface area contributed by atoms with E-state index in [9.17, 15) is 4.79 Å². The van der Waals surface area contributed by atoms with E-state index < -0.39 is 0 Å². The first-order valence-electron chi connectivity index (χ1n) is 9.19. The number of aromatic nitrogens is 3. The van der Waals surface area contributed by atoms with E-state index >= 15 is 0 Å². The van der Waals surface area contributed by atoms with Crippen LogP contribution in [0.1, 0.15) is 42.7 Å². The molecular weight excluding hydrogens is 392 g/mol. The van der Waals surface area contributed by atoms with E-state index in [2.05, 4.69) is 15.4 Å². The Morgan fingerprint density at radius 2 is 1.90 bits per heavy atom. The van der Waals surface area contributed by atoms with Crippen LogP contribution < -0.4 is 14.8 Å². The average Bonchev–Trinajstić information content (AvgIpc) is 3.24. The van der Waals surface area contributed by atoms with Crippen molar-refractivity contribution >= 4 is 17.5 Å². The Morgan fingerprint density at radius 1 is 1.17 bits per heavy atom. The molecule has 0 bridgehead atoms. The lowest BCUT2D eigenvalue weighted by molar-refractivity contribution is 0.0939. The third kappa shape index (κ3) is 4.86.